The lowest BCUT2D eigenvalue weighted by Crippen LogP contribution is -2.57. The number of carbonyl (C=O) groups is 1. The van der Waals surface area contributed by atoms with E-state index in [1.807, 2.05) is 13.8 Å². The molecule has 0 aromatic carbocycles. The van der Waals surface area contributed by atoms with E-state index in [0.29, 0.717) is 24.0 Å². The number of unbranched alkanes of at least 4 members (excludes halogenated alkanes) is 8. The van der Waals surface area contributed by atoms with Gasteiger partial charge in [0.05, 0.1) is 26.2 Å². The lowest BCUT2D eigenvalue weighted by molar-refractivity contribution is -0.851. The molecule has 168 valence electrons. The van der Waals surface area contributed by atoms with Crippen LogP contribution in [0.25, 0.3) is 0 Å². The Hall–Kier alpha value is -0.220. The second kappa shape index (κ2) is 15.6. The average Bonchev–Trinajstić information content (AvgIpc) is 2.67. The zero-order valence-corrected chi connectivity index (χ0v) is 20.1. The molecule has 0 heterocycles. The van der Waals surface area contributed by atoms with Gasteiger partial charge in [-0.15, -0.1) is 0 Å². The molecule has 1 amide bonds. The van der Waals surface area contributed by atoms with Crippen LogP contribution in [-0.2, 0) is 13.9 Å². The summed E-state index contributed by atoms with van der Waals surface area (Å²) in [7, 11) is -3.95. The molecular weight excluding hydrogens is 373 g/mol. The molecule has 0 aliphatic rings. The van der Waals surface area contributed by atoms with Gasteiger partial charge in [-0.05, 0) is 40.0 Å². The molecule has 2 atom stereocenters. The van der Waals surface area contributed by atoms with Crippen LogP contribution in [0.15, 0.2) is 0 Å². The monoisotopic (exact) mass is 420 g/mol. The summed E-state index contributed by atoms with van der Waals surface area (Å²) in [6.45, 7) is 12.4. The Balaban J connectivity index is 5.23. The van der Waals surface area contributed by atoms with Crippen LogP contribution in [0.3, 0.4) is 0 Å². The van der Waals surface area contributed by atoms with E-state index in [2.05, 4.69) is 13.8 Å². The third-order valence-electron chi connectivity index (χ3n) is 5.94. The van der Waals surface area contributed by atoms with Crippen LogP contribution in [0.2, 0.25) is 0 Å². The van der Waals surface area contributed by atoms with Crippen LogP contribution >= 0.6 is 7.60 Å². The summed E-state index contributed by atoms with van der Waals surface area (Å²) in [5.74, 6) is -0.0886. The number of hydrogen-bond donors (Lipinski definition) is 1. The molecule has 0 bridgehead atoms. The predicted octanol–water partition coefficient (Wildman–Crippen LogP) is 6.29. The van der Waals surface area contributed by atoms with Crippen molar-refractivity contribution in [3.8, 4) is 0 Å². The molecule has 0 saturated heterocycles. The minimum Gasteiger partial charge on any atom is -0.324 e. The lowest BCUT2D eigenvalue weighted by Gasteiger charge is -2.37. The van der Waals surface area contributed by atoms with Crippen LogP contribution in [-0.4, -0.2) is 47.2 Å². The molecule has 2 unspecified atom stereocenters. The SMILES string of the molecule is CCCCCCCCC(C(=O)[N+](CC)(CC)CCCCCC)P(=O)(O)OCC. The van der Waals surface area contributed by atoms with E-state index < -0.39 is 13.3 Å². The maximum atomic E-state index is 13.5. The highest BCUT2D eigenvalue weighted by Crippen LogP contribution is 2.51. The quantitative estimate of drug-likeness (QED) is 0.161. The maximum Gasteiger partial charge on any atom is 0.344 e. The normalized spacial score (nSPS) is 15.4. The standard InChI is InChI=1S/C22H46NO4P/c1-6-11-13-15-16-17-19-21(28(25,26)27-10-5)22(24)23(8-3,9-4)20-18-14-12-7-2/h21H,6-20H2,1-5H3/p+1. The second-order valence-electron chi connectivity index (χ2n) is 7.95. The summed E-state index contributed by atoms with van der Waals surface area (Å²) in [5, 5.41) is 0. The van der Waals surface area contributed by atoms with E-state index in [1.54, 1.807) is 6.92 Å². The van der Waals surface area contributed by atoms with Crippen LogP contribution in [0, 0.1) is 0 Å². The highest BCUT2D eigenvalue weighted by Gasteiger charge is 2.47. The Morgan fingerprint density at radius 3 is 1.86 bits per heavy atom. The molecule has 1 N–H and O–H groups in total. The zero-order chi connectivity index (χ0) is 21.5. The lowest BCUT2D eigenvalue weighted by atomic mass is 10.1. The predicted molar refractivity (Wildman–Crippen MR) is 119 cm³/mol. The van der Waals surface area contributed by atoms with E-state index in [1.165, 1.54) is 25.7 Å². The van der Waals surface area contributed by atoms with Gasteiger partial charge in [0.2, 0.25) is 0 Å². The summed E-state index contributed by atoms with van der Waals surface area (Å²) in [5.41, 5.74) is -0.898. The fourth-order valence-corrected chi connectivity index (χ4v) is 5.52. The first kappa shape index (κ1) is 27.8. The van der Waals surface area contributed by atoms with Crippen molar-refractivity contribution in [2.45, 2.75) is 111 Å². The van der Waals surface area contributed by atoms with Gasteiger partial charge in [-0.2, -0.15) is 0 Å². The molecule has 0 fully saturated rings. The smallest absolute Gasteiger partial charge is 0.324 e. The van der Waals surface area contributed by atoms with Crippen LogP contribution in [0.5, 0.6) is 0 Å². The van der Waals surface area contributed by atoms with Crippen molar-refractivity contribution in [1.29, 1.82) is 0 Å². The molecule has 0 aliphatic heterocycles. The molecule has 0 rings (SSSR count). The van der Waals surface area contributed by atoms with Gasteiger partial charge in [0.25, 0.3) is 0 Å². The molecule has 0 aromatic rings. The molecule has 5 nitrogen and oxygen atoms in total. The van der Waals surface area contributed by atoms with Gasteiger partial charge in [-0.3, -0.25) is 9.05 Å². The topological polar surface area (TPSA) is 63.6 Å². The van der Waals surface area contributed by atoms with Gasteiger partial charge in [-0.25, -0.2) is 4.79 Å². The van der Waals surface area contributed by atoms with Crippen molar-refractivity contribution < 1.29 is 23.3 Å². The minimum absolute atomic E-state index is 0.0886. The molecular formula is C22H47NO4P+. The molecule has 6 heteroatoms. The summed E-state index contributed by atoms with van der Waals surface area (Å²) in [4.78, 5) is 24.1. The number of amides is 1. The highest BCUT2D eigenvalue weighted by molar-refractivity contribution is 7.54. The fourth-order valence-electron chi connectivity index (χ4n) is 3.94. The van der Waals surface area contributed by atoms with Gasteiger partial charge in [0.1, 0.15) is 0 Å². The summed E-state index contributed by atoms with van der Waals surface area (Å²) in [6, 6.07) is 0. The number of carbonyl (C=O) groups excluding carboxylic acids is 1. The molecule has 0 saturated carbocycles. The summed E-state index contributed by atoms with van der Waals surface area (Å²) in [6.07, 6.45) is 11.4. The van der Waals surface area contributed by atoms with E-state index in [4.69, 9.17) is 4.52 Å². The molecule has 0 radical (unpaired) electrons. The Morgan fingerprint density at radius 1 is 0.857 bits per heavy atom. The van der Waals surface area contributed by atoms with Crippen molar-refractivity contribution >= 4 is 13.5 Å². The van der Waals surface area contributed by atoms with Crippen molar-refractivity contribution in [2.75, 3.05) is 26.2 Å². The minimum atomic E-state index is -3.95. The first-order chi connectivity index (χ1) is 13.3. The number of nitrogens with zero attached hydrogens (tertiary/aromatic N) is 1. The Kier molecular flexibility index (Phi) is 15.5. The van der Waals surface area contributed by atoms with Crippen LogP contribution < -0.4 is 0 Å². The van der Waals surface area contributed by atoms with Crippen molar-refractivity contribution in [2.24, 2.45) is 0 Å². The molecule has 0 aliphatic carbocycles. The number of rotatable bonds is 18. The molecule has 0 spiro atoms. The first-order valence-corrected chi connectivity index (χ1v) is 13.4. The van der Waals surface area contributed by atoms with Crippen molar-refractivity contribution in [3.63, 3.8) is 0 Å². The Bertz CT molecular complexity index is 452. The van der Waals surface area contributed by atoms with Crippen molar-refractivity contribution in [1.82, 2.24) is 0 Å². The Labute approximate surface area is 174 Å². The van der Waals surface area contributed by atoms with Gasteiger partial charge in [-0.1, -0.05) is 65.2 Å². The fraction of sp³-hybridized carbons (Fsp3) is 0.955. The number of hydrogen-bond acceptors (Lipinski definition) is 3. The van der Waals surface area contributed by atoms with E-state index >= 15 is 0 Å². The van der Waals surface area contributed by atoms with Gasteiger partial charge in [0, 0.05) is 0 Å². The highest BCUT2D eigenvalue weighted by atomic mass is 31.2. The summed E-state index contributed by atoms with van der Waals surface area (Å²) < 4.78 is 18.4. The third-order valence-corrected chi connectivity index (χ3v) is 7.84. The van der Waals surface area contributed by atoms with Crippen LogP contribution in [0.1, 0.15) is 105 Å². The zero-order valence-electron chi connectivity index (χ0n) is 19.3. The largest absolute Gasteiger partial charge is 0.344 e. The van der Waals surface area contributed by atoms with Gasteiger partial charge in [0.15, 0.2) is 5.66 Å². The average molecular weight is 421 g/mol. The van der Waals surface area contributed by atoms with Gasteiger partial charge >= 0.3 is 13.5 Å². The number of quaternary nitrogens is 1. The van der Waals surface area contributed by atoms with E-state index in [9.17, 15) is 14.3 Å². The Morgan fingerprint density at radius 2 is 1.36 bits per heavy atom. The molecule has 28 heavy (non-hydrogen) atoms. The third kappa shape index (κ3) is 9.52. The molecule has 0 aromatic heterocycles. The maximum absolute atomic E-state index is 13.5. The second-order valence-corrected chi connectivity index (χ2v) is 9.96. The van der Waals surface area contributed by atoms with E-state index in [-0.39, 0.29) is 12.5 Å². The van der Waals surface area contributed by atoms with Crippen molar-refractivity contribution in [3.05, 3.63) is 0 Å². The van der Waals surface area contributed by atoms with Gasteiger partial charge < -0.3 is 9.42 Å². The first-order valence-electron chi connectivity index (χ1n) is 11.7. The summed E-state index contributed by atoms with van der Waals surface area (Å²) >= 11 is 0. The van der Waals surface area contributed by atoms with Crippen LogP contribution in [0.4, 0.5) is 0 Å². The van der Waals surface area contributed by atoms with E-state index in [0.717, 1.165) is 45.1 Å².